The Labute approximate surface area is 92.2 Å². The Hall–Kier alpha value is -1.09. The summed E-state index contributed by atoms with van der Waals surface area (Å²) in [7, 11) is 3.97. The monoisotopic (exact) mass is 207 g/mol. The van der Waals surface area contributed by atoms with E-state index in [4.69, 9.17) is 0 Å². The van der Waals surface area contributed by atoms with Gasteiger partial charge in [0.1, 0.15) is 0 Å². The predicted octanol–water partition coefficient (Wildman–Crippen LogP) is 2.26. The molecule has 1 aromatic rings. The average Bonchev–Trinajstić information content (AvgIpc) is 2.38. The summed E-state index contributed by atoms with van der Waals surface area (Å²) in [6, 6.07) is 0.330. The molecule has 0 amide bonds. The van der Waals surface area contributed by atoms with Crippen LogP contribution in [0.15, 0.2) is 12.2 Å². The zero-order chi connectivity index (χ0) is 11.6. The van der Waals surface area contributed by atoms with Crippen LogP contribution in [-0.4, -0.2) is 16.8 Å². The van der Waals surface area contributed by atoms with Gasteiger partial charge in [0, 0.05) is 24.3 Å². The molecule has 0 spiro atoms. The van der Waals surface area contributed by atoms with E-state index in [1.54, 1.807) is 0 Å². The van der Waals surface area contributed by atoms with E-state index in [0.717, 1.165) is 12.1 Å². The molecule has 1 heterocycles. The van der Waals surface area contributed by atoms with Crippen molar-refractivity contribution in [2.75, 3.05) is 7.05 Å². The fraction of sp³-hybridized carbons (Fsp3) is 0.583. The minimum atomic E-state index is 0.330. The molecule has 0 saturated heterocycles. The molecule has 3 nitrogen and oxygen atoms in total. The summed E-state index contributed by atoms with van der Waals surface area (Å²) < 4.78 is 1.94. The third-order valence-corrected chi connectivity index (χ3v) is 2.81. The van der Waals surface area contributed by atoms with Gasteiger partial charge in [-0.3, -0.25) is 4.68 Å². The molecule has 0 aliphatic carbocycles. The summed E-state index contributed by atoms with van der Waals surface area (Å²) >= 11 is 0. The standard InChI is InChI=1S/C12H21N3/c1-8(2)7-11(13-5)12-9(3)14-15(6)10(12)4/h11,13H,1,7H2,2-6H3. The van der Waals surface area contributed by atoms with Gasteiger partial charge in [-0.1, -0.05) is 5.57 Å². The van der Waals surface area contributed by atoms with Crippen LogP contribution in [0.5, 0.6) is 0 Å². The van der Waals surface area contributed by atoms with E-state index in [1.165, 1.54) is 16.8 Å². The molecule has 0 aliphatic rings. The largest absolute Gasteiger partial charge is 0.313 e. The molecule has 84 valence electrons. The van der Waals surface area contributed by atoms with Crippen LogP contribution in [0.4, 0.5) is 0 Å². The van der Waals surface area contributed by atoms with Crippen molar-refractivity contribution in [2.24, 2.45) is 7.05 Å². The number of nitrogens with zero attached hydrogens (tertiary/aromatic N) is 2. The molecule has 1 N–H and O–H groups in total. The zero-order valence-electron chi connectivity index (χ0n) is 10.4. The van der Waals surface area contributed by atoms with E-state index in [2.05, 4.69) is 37.8 Å². The van der Waals surface area contributed by atoms with Crippen molar-refractivity contribution >= 4 is 0 Å². The summed E-state index contributed by atoms with van der Waals surface area (Å²) in [5.41, 5.74) is 4.84. The van der Waals surface area contributed by atoms with E-state index in [-0.39, 0.29) is 0 Å². The Morgan fingerprint density at radius 1 is 1.53 bits per heavy atom. The van der Waals surface area contributed by atoms with Crippen molar-refractivity contribution in [3.63, 3.8) is 0 Å². The fourth-order valence-electron chi connectivity index (χ4n) is 1.99. The molecule has 0 fully saturated rings. The highest BCUT2D eigenvalue weighted by atomic mass is 15.3. The van der Waals surface area contributed by atoms with Crippen LogP contribution in [0.25, 0.3) is 0 Å². The number of aryl methyl sites for hydroxylation is 2. The Morgan fingerprint density at radius 3 is 2.47 bits per heavy atom. The maximum Gasteiger partial charge on any atom is 0.0644 e. The first-order chi connectivity index (χ1) is 6.97. The van der Waals surface area contributed by atoms with E-state index in [1.807, 2.05) is 18.8 Å². The molecule has 1 rings (SSSR count). The van der Waals surface area contributed by atoms with Gasteiger partial charge in [0.25, 0.3) is 0 Å². The number of hydrogen-bond acceptors (Lipinski definition) is 2. The van der Waals surface area contributed by atoms with Crippen molar-refractivity contribution in [3.8, 4) is 0 Å². The van der Waals surface area contributed by atoms with Gasteiger partial charge in [-0.05, 0) is 34.2 Å². The smallest absolute Gasteiger partial charge is 0.0644 e. The van der Waals surface area contributed by atoms with E-state index < -0.39 is 0 Å². The van der Waals surface area contributed by atoms with Crippen LogP contribution < -0.4 is 5.32 Å². The van der Waals surface area contributed by atoms with Crippen LogP contribution in [0, 0.1) is 13.8 Å². The minimum Gasteiger partial charge on any atom is -0.313 e. The molecular formula is C12H21N3. The van der Waals surface area contributed by atoms with Gasteiger partial charge in [0.05, 0.1) is 5.69 Å². The van der Waals surface area contributed by atoms with Crippen molar-refractivity contribution in [1.82, 2.24) is 15.1 Å². The first-order valence-corrected chi connectivity index (χ1v) is 5.29. The molecule has 0 aromatic carbocycles. The first-order valence-electron chi connectivity index (χ1n) is 5.29. The average molecular weight is 207 g/mol. The first kappa shape index (κ1) is 12.0. The highest BCUT2D eigenvalue weighted by Gasteiger charge is 2.18. The van der Waals surface area contributed by atoms with Crippen LogP contribution in [0.2, 0.25) is 0 Å². The summed E-state index contributed by atoms with van der Waals surface area (Å²) in [6.07, 6.45) is 0.962. The topological polar surface area (TPSA) is 29.9 Å². The fourth-order valence-corrected chi connectivity index (χ4v) is 1.99. The van der Waals surface area contributed by atoms with Gasteiger partial charge in [-0.2, -0.15) is 5.10 Å². The maximum atomic E-state index is 4.43. The second-order valence-electron chi connectivity index (χ2n) is 4.21. The molecule has 0 aliphatic heterocycles. The summed E-state index contributed by atoms with van der Waals surface area (Å²) in [5.74, 6) is 0. The highest BCUT2D eigenvalue weighted by Crippen LogP contribution is 2.25. The van der Waals surface area contributed by atoms with Crippen LogP contribution in [0.1, 0.15) is 36.3 Å². The maximum absolute atomic E-state index is 4.43. The third-order valence-electron chi connectivity index (χ3n) is 2.81. The zero-order valence-corrected chi connectivity index (χ0v) is 10.4. The summed E-state index contributed by atoms with van der Waals surface area (Å²) in [4.78, 5) is 0. The van der Waals surface area contributed by atoms with E-state index in [9.17, 15) is 0 Å². The number of nitrogens with one attached hydrogen (secondary N) is 1. The van der Waals surface area contributed by atoms with E-state index in [0.29, 0.717) is 6.04 Å². The lowest BCUT2D eigenvalue weighted by Crippen LogP contribution is -2.18. The molecule has 1 aromatic heterocycles. The lowest BCUT2D eigenvalue weighted by molar-refractivity contribution is 0.582. The number of rotatable bonds is 4. The highest BCUT2D eigenvalue weighted by molar-refractivity contribution is 5.29. The predicted molar refractivity (Wildman–Crippen MR) is 63.9 cm³/mol. The molecular weight excluding hydrogens is 186 g/mol. The Balaban J connectivity index is 3.06. The van der Waals surface area contributed by atoms with Crippen molar-refractivity contribution in [1.29, 1.82) is 0 Å². The third kappa shape index (κ3) is 2.48. The second kappa shape index (κ2) is 4.62. The molecule has 0 saturated carbocycles. The van der Waals surface area contributed by atoms with Crippen molar-refractivity contribution in [3.05, 3.63) is 29.1 Å². The summed E-state index contributed by atoms with van der Waals surface area (Å²) in [5, 5.41) is 7.76. The van der Waals surface area contributed by atoms with Gasteiger partial charge < -0.3 is 5.32 Å². The molecule has 1 atom stereocenters. The lowest BCUT2D eigenvalue weighted by atomic mass is 9.99. The minimum absolute atomic E-state index is 0.330. The molecule has 1 unspecified atom stereocenters. The van der Waals surface area contributed by atoms with Gasteiger partial charge >= 0.3 is 0 Å². The van der Waals surface area contributed by atoms with E-state index >= 15 is 0 Å². The van der Waals surface area contributed by atoms with Gasteiger partial charge in [0.2, 0.25) is 0 Å². The Kier molecular flexibility index (Phi) is 3.69. The van der Waals surface area contributed by atoms with Crippen LogP contribution in [0.3, 0.4) is 0 Å². The molecule has 15 heavy (non-hydrogen) atoms. The molecule has 0 radical (unpaired) electrons. The van der Waals surface area contributed by atoms with Crippen molar-refractivity contribution < 1.29 is 0 Å². The summed E-state index contributed by atoms with van der Waals surface area (Å²) in [6.45, 7) is 10.2. The quantitative estimate of drug-likeness (QED) is 0.768. The van der Waals surface area contributed by atoms with Crippen LogP contribution in [-0.2, 0) is 7.05 Å². The van der Waals surface area contributed by atoms with Gasteiger partial charge in [0.15, 0.2) is 0 Å². The molecule has 0 bridgehead atoms. The normalized spacial score (nSPS) is 12.9. The Morgan fingerprint density at radius 2 is 2.13 bits per heavy atom. The number of aromatic nitrogens is 2. The second-order valence-corrected chi connectivity index (χ2v) is 4.21. The Bertz CT molecular complexity index is 363. The van der Waals surface area contributed by atoms with Gasteiger partial charge in [-0.15, -0.1) is 6.58 Å². The van der Waals surface area contributed by atoms with Crippen LogP contribution >= 0.6 is 0 Å². The number of hydrogen-bond donors (Lipinski definition) is 1. The molecule has 3 heteroatoms. The SMILES string of the molecule is C=C(C)CC(NC)c1c(C)nn(C)c1C. The van der Waals surface area contributed by atoms with Crippen molar-refractivity contribution in [2.45, 2.75) is 33.2 Å². The lowest BCUT2D eigenvalue weighted by Gasteiger charge is -2.17. The van der Waals surface area contributed by atoms with Gasteiger partial charge in [-0.25, -0.2) is 0 Å².